The number of para-hydroxylation sites is 1. The van der Waals surface area contributed by atoms with Gasteiger partial charge in [0.1, 0.15) is 6.04 Å². The number of carbonyl (C=O) groups is 1. The molecule has 0 aliphatic heterocycles. The summed E-state index contributed by atoms with van der Waals surface area (Å²) in [5.41, 5.74) is 1.31. The highest BCUT2D eigenvalue weighted by atomic mass is 32.2. The minimum Gasteiger partial charge on any atom is -0.324 e. The number of anilines is 2. The fourth-order valence-corrected chi connectivity index (χ4v) is 4.07. The van der Waals surface area contributed by atoms with E-state index in [1.807, 2.05) is 26.0 Å². The van der Waals surface area contributed by atoms with Crippen molar-refractivity contribution in [2.75, 3.05) is 15.9 Å². The van der Waals surface area contributed by atoms with E-state index >= 15 is 0 Å². The van der Waals surface area contributed by atoms with E-state index in [0.29, 0.717) is 5.69 Å². The molecule has 150 valence electrons. The van der Waals surface area contributed by atoms with Crippen LogP contribution in [0.4, 0.5) is 17.1 Å². The maximum atomic E-state index is 12.8. The Hall–Kier alpha value is -2.94. The molecule has 2 aromatic rings. The second-order valence-corrected chi connectivity index (χ2v) is 8.60. The topological polar surface area (TPSA) is 110 Å². The highest BCUT2D eigenvalue weighted by molar-refractivity contribution is 7.92. The molecule has 8 nitrogen and oxygen atoms in total. The molecule has 1 amide bonds. The minimum atomic E-state index is -3.87. The van der Waals surface area contributed by atoms with Crippen molar-refractivity contribution in [3.8, 4) is 0 Å². The Labute approximate surface area is 164 Å². The first-order valence-corrected chi connectivity index (χ1v) is 10.5. The second-order valence-electron chi connectivity index (χ2n) is 6.74. The van der Waals surface area contributed by atoms with Gasteiger partial charge in [0.25, 0.3) is 5.69 Å². The smallest absolute Gasteiger partial charge is 0.271 e. The van der Waals surface area contributed by atoms with Crippen molar-refractivity contribution in [1.82, 2.24) is 0 Å². The predicted molar refractivity (Wildman–Crippen MR) is 109 cm³/mol. The van der Waals surface area contributed by atoms with Gasteiger partial charge in [-0.3, -0.25) is 19.2 Å². The summed E-state index contributed by atoms with van der Waals surface area (Å²) in [6.45, 7) is 5.41. The predicted octanol–water partition coefficient (Wildman–Crippen LogP) is 3.51. The lowest BCUT2D eigenvalue weighted by molar-refractivity contribution is -0.384. The summed E-state index contributed by atoms with van der Waals surface area (Å²) in [4.78, 5) is 23.2. The average molecular weight is 405 g/mol. The van der Waals surface area contributed by atoms with Gasteiger partial charge in [-0.1, -0.05) is 38.1 Å². The van der Waals surface area contributed by atoms with E-state index < -0.39 is 26.9 Å². The van der Waals surface area contributed by atoms with Crippen LogP contribution in [0.3, 0.4) is 0 Å². The molecular formula is C19H23N3O5S. The first kappa shape index (κ1) is 21.4. The third-order valence-corrected chi connectivity index (χ3v) is 5.47. The van der Waals surface area contributed by atoms with Crippen molar-refractivity contribution in [2.45, 2.75) is 32.7 Å². The van der Waals surface area contributed by atoms with Crippen molar-refractivity contribution in [2.24, 2.45) is 0 Å². The molecule has 0 aliphatic rings. The number of carbonyl (C=O) groups excluding carboxylic acids is 1. The van der Waals surface area contributed by atoms with E-state index in [0.717, 1.165) is 22.2 Å². The Morgan fingerprint density at radius 3 is 2.32 bits per heavy atom. The van der Waals surface area contributed by atoms with Crippen molar-refractivity contribution in [3.63, 3.8) is 0 Å². The molecule has 9 heteroatoms. The van der Waals surface area contributed by atoms with Crippen molar-refractivity contribution >= 4 is 33.0 Å². The first-order chi connectivity index (χ1) is 13.0. The van der Waals surface area contributed by atoms with E-state index in [-0.39, 0.29) is 17.3 Å². The van der Waals surface area contributed by atoms with Crippen LogP contribution in [0.2, 0.25) is 0 Å². The van der Waals surface area contributed by atoms with Crippen LogP contribution in [0.5, 0.6) is 0 Å². The molecule has 1 atom stereocenters. The fourth-order valence-electron chi connectivity index (χ4n) is 2.90. The first-order valence-electron chi connectivity index (χ1n) is 8.66. The summed E-state index contributed by atoms with van der Waals surface area (Å²) in [5, 5.41) is 13.8. The van der Waals surface area contributed by atoms with Gasteiger partial charge in [-0.05, 0) is 30.5 Å². The lowest BCUT2D eigenvalue weighted by Gasteiger charge is -2.28. The monoisotopic (exact) mass is 405 g/mol. The zero-order valence-electron chi connectivity index (χ0n) is 16.1. The van der Waals surface area contributed by atoms with Gasteiger partial charge in [-0.2, -0.15) is 0 Å². The molecule has 28 heavy (non-hydrogen) atoms. The van der Waals surface area contributed by atoms with Crippen LogP contribution in [0, 0.1) is 10.1 Å². The Morgan fingerprint density at radius 1 is 1.11 bits per heavy atom. The molecular weight excluding hydrogens is 382 g/mol. The number of nitrogens with zero attached hydrogens (tertiary/aromatic N) is 2. The molecule has 0 spiro atoms. The summed E-state index contributed by atoms with van der Waals surface area (Å²) >= 11 is 0. The number of rotatable bonds is 7. The van der Waals surface area contributed by atoms with Crippen molar-refractivity contribution in [3.05, 3.63) is 64.2 Å². The summed E-state index contributed by atoms with van der Waals surface area (Å²) < 4.78 is 25.6. The number of sulfonamides is 1. The SMILES string of the molecule is CC(C)c1ccccc1NC(=O)[C@@H](C)N(c1cccc([N+](=O)[O-])c1)S(C)(=O)=O. The number of nitro benzene ring substituents is 1. The molecule has 0 unspecified atom stereocenters. The minimum absolute atomic E-state index is 0.0523. The Balaban J connectivity index is 2.39. The van der Waals surface area contributed by atoms with E-state index in [9.17, 15) is 23.3 Å². The molecule has 0 saturated carbocycles. The number of hydrogen-bond acceptors (Lipinski definition) is 5. The molecule has 0 heterocycles. The molecule has 1 N–H and O–H groups in total. The molecule has 0 fully saturated rings. The van der Waals surface area contributed by atoms with Gasteiger partial charge in [0.2, 0.25) is 15.9 Å². The summed E-state index contributed by atoms with van der Waals surface area (Å²) in [7, 11) is -3.87. The molecule has 2 aromatic carbocycles. The molecule has 0 saturated heterocycles. The van der Waals surface area contributed by atoms with Gasteiger partial charge >= 0.3 is 0 Å². The third-order valence-electron chi connectivity index (χ3n) is 4.22. The van der Waals surface area contributed by atoms with Gasteiger partial charge < -0.3 is 5.32 Å². The second kappa shape index (κ2) is 8.39. The molecule has 0 aliphatic carbocycles. The average Bonchev–Trinajstić information content (AvgIpc) is 2.61. The number of non-ortho nitro benzene ring substituents is 1. The van der Waals surface area contributed by atoms with Crippen LogP contribution in [0.1, 0.15) is 32.3 Å². The zero-order valence-corrected chi connectivity index (χ0v) is 16.9. The maximum Gasteiger partial charge on any atom is 0.271 e. The molecule has 0 bridgehead atoms. The summed E-state index contributed by atoms with van der Waals surface area (Å²) in [6, 6.07) is 11.3. The van der Waals surface area contributed by atoms with Crippen LogP contribution in [-0.4, -0.2) is 31.5 Å². The van der Waals surface area contributed by atoms with Crippen LogP contribution in [0.15, 0.2) is 48.5 Å². The zero-order chi connectivity index (χ0) is 21.1. The quantitative estimate of drug-likeness (QED) is 0.560. The van der Waals surface area contributed by atoms with Crippen LogP contribution in [-0.2, 0) is 14.8 Å². The molecule has 2 rings (SSSR count). The van der Waals surface area contributed by atoms with Crippen molar-refractivity contribution in [1.29, 1.82) is 0 Å². The van der Waals surface area contributed by atoms with Crippen LogP contribution < -0.4 is 9.62 Å². The number of nitro groups is 1. The molecule has 0 radical (unpaired) electrons. The van der Waals surface area contributed by atoms with Crippen molar-refractivity contribution < 1.29 is 18.1 Å². The van der Waals surface area contributed by atoms with E-state index in [4.69, 9.17) is 0 Å². The number of hydrogen-bond donors (Lipinski definition) is 1. The third kappa shape index (κ3) is 4.86. The van der Waals surface area contributed by atoms with Gasteiger partial charge in [-0.25, -0.2) is 8.42 Å². The van der Waals surface area contributed by atoms with E-state index in [1.54, 1.807) is 12.1 Å². The van der Waals surface area contributed by atoms with E-state index in [1.165, 1.54) is 25.1 Å². The maximum absolute atomic E-state index is 12.8. The highest BCUT2D eigenvalue weighted by Crippen LogP contribution is 2.27. The molecule has 0 aromatic heterocycles. The van der Waals surface area contributed by atoms with Gasteiger partial charge in [0.05, 0.1) is 16.9 Å². The standard InChI is InChI=1S/C19H23N3O5S/c1-13(2)17-10-5-6-11-18(17)20-19(23)14(3)21(28(4,26)27)15-8-7-9-16(12-15)22(24)25/h5-14H,1-4H3,(H,20,23)/t14-/m1/s1. The summed E-state index contributed by atoms with van der Waals surface area (Å²) in [5.74, 6) is -0.375. The van der Waals surface area contributed by atoms with Gasteiger partial charge in [0.15, 0.2) is 0 Å². The van der Waals surface area contributed by atoms with Crippen LogP contribution >= 0.6 is 0 Å². The Morgan fingerprint density at radius 2 is 1.75 bits per heavy atom. The van der Waals surface area contributed by atoms with Crippen LogP contribution in [0.25, 0.3) is 0 Å². The number of nitrogens with one attached hydrogen (secondary N) is 1. The summed E-state index contributed by atoms with van der Waals surface area (Å²) in [6.07, 6.45) is 0.956. The largest absolute Gasteiger partial charge is 0.324 e. The van der Waals surface area contributed by atoms with Gasteiger partial charge in [-0.15, -0.1) is 0 Å². The van der Waals surface area contributed by atoms with Gasteiger partial charge in [0, 0.05) is 17.8 Å². The lowest BCUT2D eigenvalue weighted by atomic mass is 10.0. The highest BCUT2D eigenvalue weighted by Gasteiger charge is 2.30. The Kier molecular flexibility index (Phi) is 6.40. The number of amides is 1. The number of benzene rings is 2. The lowest BCUT2D eigenvalue weighted by Crippen LogP contribution is -2.45. The van der Waals surface area contributed by atoms with E-state index in [2.05, 4.69) is 5.32 Å². The fraction of sp³-hybridized carbons (Fsp3) is 0.316. The normalized spacial score (nSPS) is 12.5. The Bertz CT molecular complexity index is 989.